The van der Waals surface area contributed by atoms with E-state index >= 15 is 0 Å². The van der Waals surface area contributed by atoms with Crippen LogP contribution in [0.4, 0.5) is 0 Å². The molecule has 3 rings (SSSR count). The Kier molecular flexibility index (Phi) is 6.76. The molecule has 0 spiro atoms. The summed E-state index contributed by atoms with van der Waals surface area (Å²) in [5, 5.41) is 0. The van der Waals surface area contributed by atoms with Crippen molar-refractivity contribution in [2.45, 2.75) is 7.59 Å². The second-order valence-corrected chi connectivity index (χ2v) is 10.2. The molecule has 0 fully saturated rings. The fourth-order valence-corrected chi connectivity index (χ4v) is 2.82. The molecule has 0 amide bonds. The van der Waals surface area contributed by atoms with E-state index in [0.717, 1.165) is 16.7 Å². The van der Waals surface area contributed by atoms with Crippen molar-refractivity contribution in [2.75, 3.05) is 0 Å². The molecule has 0 aliphatic carbocycles. The Morgan fingerprint density at radius 3 is 1.57 bits per heavy atom. The number of benzene rings is 2. The van der Waals surface area contributed by atoms with Crippen LogP contribution in [0.5, 0.6) is 0 Å². The Bertz CT molecular complexity index is 945. The number of hydrogen-bond acceptors (Lipinski definition) is 3. The molecule has 2 aromatic carbocycles. The smallest absolute Gasteiger partial charge is 0.209 e. The minimum absolute atomic E-state index is 0.132. The molecular weight excluding hydrogens is 483 g/mol. The fraction of sp³-hybridized carbons (Fsp3) is 0.105. The Morgan fingerprint density at radius 2 is 1.07 bits per heavy atom. The average Bonchev–Trinajstić information content (AvgIpc) is 2.66. The first-order chi connectivity index (χ1) is 13.1. The van der Waals surface area contributed by atoms with Crippen molar-refractivity contribution in [2.24, 2.45) is 0 Å². The number of halogens is 6. The summed E-state index contributed by atoms with van der Waals surface area (Å²) in [5.74, 6) is -0.0643. The van der Waals surface area contributed by atoms with Gasteiger partial charge in [0.2, 0.25) is 7.59 Å². The van der Waals surface area contributed by atoms with Gasteiger partial charge in [-0.05, 0) is 22.8 Å². The first kappa shape index (κ1) is 21.6. The van der Waals surface area contributed by atoms with Gasteiger partial charge < -0.3 is 0 Å². The molecule has 144 valence electrons. The van der Waals surface area contributed by atoms with E-state index in [2.05, 4.69) is 15.0 Å². The zero-order valence-electron chi connectivity index (χ0n) is 14.0. The largest absolute Gasteiger partial charge is 0.250 e. The van der Waals surface area contributed by atoms with Gasteiger partial charge in [0.05, 0.1) is 0 Å². The molecule has 0 saturated heterocycles. The number of aromatic nitrogens is 3. The number of rotatable bonds is 3. The molecule has 0 N–H and O–H groups in total. The topological polar surface area (TPSA) is 38.7 Å². The summed E-state index contributed by atoms with van der Waals surface area (Å²) >= 11 is 35.2. The first-order valence-corrected chi connectivity index (χ1v) is 10.1. The molecule has 1 heterocycles. The van der Waals surface area contributed by atoms with E-state index in [-0.39, 0.29) is 17.5 Å². The molecular formula is C19H11Cl6N3. The summed E-state index contributed by atoms with van der Waals surface area (Å²) in [6, 6.07) is 18.0. The molecule has 28 heavy (non-hydrogen) atoms. The molecule has 0 saturated carbocycles. The second kappa shape index (κ2) is 8.74. The highest BCUT2D eigenvalue weighted by Gasteiger charge is 2.33. The van der Waals surface area contributed by atoms with Crippen LogP contribution in [0, 0.1) is 0 Å². The molecule has 0 aliphatic rings. The lowest BCUT2D eigenvalue weighted by molar-refractivity contribution is 0.835. The van der Waals surface area contributed by atoms with Crippen LogP contribution in [-0.4, -0.2) is 15.0 Å². The summed E-state index contributed by atoms with van der Waals surface area (Å²) in [6.45, 7) is 0. The van der Waals surface area contributed by atoms with Gasteiger partial charge in [-0.2, -0.15) is 0 Å². The Labute approximate surface area is 192 Å². The molecule has 0 atom stereocenters. The van der Waals surface area contributed by atoms with Crippen molar-refractivity contribution in [3.63, 3.8) is 0 Å². The van der Waals surface area contributed by atoms with Crippen LogP contribution in [0.3, 0.4) is 0 Å². The van der Waals surface area contributed by atoms with Crippen LogP contribution in [-0.2, 0) is 7.59 Å². The van der Waals surface area contributed by atoms with E-state index in [1.165, 1.54) is 0 Å². The molecule has 3 aromatic rings. The van der Waals surface area contributed by atoms with Crippen molar-refractivity contribution in [3.8, 4) is 11.1 Å². The van der Waals surface area contributed by atoms with E-state index < -0.39 is 7.59 Å². The highest BCUT2D eigenvalue weighted by Crippen LogP contribution is 2.40. The second-order valence-electron chi connectivity index (χ2n) is 5.66. The summed E-state index contributed by atoms with van der Waals surface area (Å²) in [7, 11) is 0. The zero-order valence-corrected chi connectivity index (χ0v) is 18.5. The minimum atomic E-state index is -1.88. The van der Waals surface area contributed by atoms with Crippen molar-refractivity contribution >= 4 is 81.8 Å². The fourth-order valence-electron chi connectivity index (χ4n) is 2.31. The Hall–Kier alpha value is -1.07. The van der Waals surface area contributed by atoms with Gasteiger partial charge >= 0.3 is 0 Å². The van der Waals surface area contributed by atoms with Gasteiger partial charge in [0, 0.05) is 0 Å². The van der Waals surface area contributed by atoms with E-state index in [1.54, 1.807) is 12.2 Å². The molecule has 0 bridgehead atoms. The predicted molar refractivity (Wildman–Crippen MR) is 119 cm³/mol. The summed E-state index contributed by atoms with van der Waals surface area (Å²) < 4.78 is -3.76. The number of hydrogen-bond donors (Lipinski definition) is 0. The molecule has 0 unspecified atom stereocenters. The summed E-state index contributed by atoms with van der Waals surface area (Å²) in [4.78, 5) is 12.2. The monoisotopic (exact) mass is 491 g/mol. The quantitative estimate of drug-likeness (QED) is 0.358. The lowest BCUT2D eigenvalue weighted by Gasteiger charge is -2.14. The van der Waals surface area contributed by atoms with Crippen molar-refractivity contribution in [1.82, 2.24) is 15.0 Å². The standard InChI is InChI=1S/C19H11Cl6N3/c20-18(21,22)16-26-15(27-17(28-16)19(23,24)25)11-8-12-6-9-14(10-7-12)13-4-2-1-3-5-13/h1-11H/b11-8+. The minimum Gasteiger partial charge on any atom is -0.209 e. The van der Waals surface area contributed by atoms with Crippen LogP contribution in [0.15, 0.2) is 54.6 Å². The van der Waals surface area contributed by atoms with Crippen LogP contribution < -0.4 is 0 Å². The maximum Gasteiger partial charge on any atom is 0.250 e. The zero-order chi connectivity index (χ0) is 20.4. The highest BCUT2D eigenvalue weighted by atomic mass is 35.6. The van der Waals surface area contributed by atoms with Crippen molar-refractivity contribution < 1.29 is 0 Å². The third kappa shape index (κ3) is 5.73. The van der Waals surface area contributed by atoms with Crippen molar-refractivity contribution in [1.29, 1.82) is 0 Å². The van der Waals surface area contributed by atoms with Crippen LogP contribution in [0.1, 0.15) is 23.0 Å². The lowest BCUT2D eigenvalue weighted by Crippen LogP contribution is -2.16. The third-order valence-electron chi connectivity index (χ3n) is 3.60. The van der Waals surface area contributed by atoms with Crippen LogP contribution >= 0.6 is 69.6 Å². The van der Waals surface area contributed by atoms with Gasteiger partial charge in [0.1, 0.15) is 0 Å². The van der Waals surface area contributed by atoms with E-state index in [0.29, 0.717) is 0 Å². The maximum atomic E-state index is 5.87. The van der Waals surface area contributed by atoms with Gasteiger partial charge in [0.25, 0.3) is 0 Å². The highest BCUT2D eigenvalue weighted by molar-refractivity contribution is 6.67. The SMILES string of the molecule is ClC(Cl)(Cl)c1nc(/C=C/c2ccc(-c3ccccc3)cc2)nc(C(Cl)(Cl)Cl)n1. The molecule has 0 aliphatic heterocycles. The van der Waals surface area contributed by atoms with Gasteiger partial charge in [0.15, 0.2) is 17.5 Å². The summed E-state index contributed by atoms with van der Waals surface area (Å²) in [5.41, 5.74) is 3.16. The first-order valence-electron chi connectivity index (χ1n) is 7.87. The van der Waals surface area contributed by atoms with E-state index in [1.807, 2.05) is 54.6 Å². The predicted octanol–water partition coefficient (Wildman–Crippen LogP) is 7.36. The third-order valence-corrected chi connectivity index (χ3v) is 4.62. The lowest BCUT2D eigenvalue weighted by atomic mass is 10.0. The maximum absolute atomic E-state index is 5.87. The normalized spacial score (nSPS) is 12.5. The van der Waals surface area contributed by atoms with Crippen LogP contribution in [0.2, 0.25) is 0 Å². The molecule has 9 heteroatoms. The average molecular weight is 494 g/mol. The van der Waals surface area contributed by atoms with Gasteiger partial charge in [-0.25, -0.2) is 15.0 Å². The number of nitrogens with zero attached hydrogens (tertiary/aromatic N) is 3. The summed E-state index contributed by atoms with van der Waals surface area (Å²) in [6.07, 6.45) is 3.42. The van der Waals surface area contributed by atoms with Gasteiger partial charge in [-0.3, -0.25) is 0 Å². The van der Waals surface area contributed by atoms with Gasteiger partial charge in [-0.15, -0.1) is 0 Å². The van der Waals surface area contributed by atoms with Crippen LogP contribution in [0.25, 0.3) is 23.3 Å². The van der Waals surface area contributed by atoms with Crippen molar-refractivity contribution in [3.05, 3.63) is 77.6 Å². The molecule has 3 nitrogen and oxygen atoms in total. The number of alkyl halides is 6. The van der Waals surface area contributed by atoms with Gasteiger partial charge in [-0.1, -0.05) is 130 Å². The molecule has 1 aromatic heterocycles. The molecule has 0 radical (unpaired) electrons. The van der Waals surface area contributed by atoms with E-state index in [4.69, 9.17) is 69.6 Å². The van der Waals surface area contributed by atoms with E-state index in [9.17, 15) is 0 Å². The Morgan fingerprint density at radius 1 is 0.571 bits per heavy atom. The Balaban J connectivity index is 1.89.